The Kier molecular flexibility index (Phi) is 7.67. The summed E-state index contributed by atoms with van der Waals surface area (Å²) in [5.41, 5.74) is 0.482. The van der Waals surface area contributed by atoms with Crippen molar-refractivity contribution in [2.45, 2.75) is 51.7 Å². The molecule has 0 aliphatic carbocycles. The highest BCUT2D eigenvalue weighted by Gasteiger charge is 2.20. The van der Waals surface area contributed by atoms with Crippen molar-refractivity contribution in [2.75, 3.05) is 12.5 Å². The molecule has 1 aromatic rings. The number of rotatable bonds is 7. The second kappa shape index (κ2) is 9.04. The molecule has 1 amide bonds. The van der Waals surface area contributed by atoms with Gasteiger partial charge in [-0.2, -0.15) is 0 Å². The first kappa shape index (κ1) is 21.2. The summed E-state index contributed by atoms with van der Waals surface area (Å²) >= 11 is 0. The summed E-state index contributed by atoms with van der Waals surface area (Å²) < 4.78 is 17.0. The first-order valence-electron chi connectivity index (χ1n) is 8.30. The second-order valence-electron chi connectivity index (χ2n) is 7.46. The zero-order valence-corrected chi connectivity index (χ0v) is 16.5. The predicted molar refractivity (Wildman–Crippen MR) is 101 cm³/mol. The van der Waals surface area contributed by atoms with Crippen LogP contribution in [0.1, 0.15) is 39.2 Å². The lowest BCUT2D eigenvalue weighted by molar-refractivity contribution is -0.306. The van der Waals surface area contributed by atoms with E-state index in [-0.39, 0.29) is 18.2 Å². The molecule has 0 unspecified atom stereocenters. The molecule has 1 aromatic carbocycles. The standard InChI is InChI=1S/C19H29NO4S/c1-19(2,3)24-18(22)20-16(13-15-9-7-6-8-10-15)11-12-17(21)14-25(4,5)23/h6-10,14,16H,11-13H2,1-5H3,(H-,20,21,22,23)/t16-/m0/s1. The number of allylic oxidation sites excluding steroid dienone is 1. The van der Waals surface area contributed by atoms with Crippen molar-refractivity contribution in [3.05, 3.63) is 47.1 Å². The van der Waals surface area contributed by atoms with Crippen LogP contribution in [0.5, 0.6) is 0 Å². The van der Waals surface area contributed by atoms with Crippen molar-refractivity contribution in [2.24, 2.45) is 0 Å². The maximum absolute atomic E-state index is 12.1. The molecule has 0 fully saturated rings. The average Bonchev–Trinajstić information content (AvgIpc) is 2.42. The zero-order valence-electron chi connectivity index (χ0n) is 15.7. The van der Waals surface area contributed by atoms with Crippen molar-refractivity contribution in [1.82, 2.24) is 5.32 Å². The van der Waals surface area contributed by atoms with E-state index in [9.17, 15) is 14.1 Å². The Morgan fingerprint density at radius 3 is 2.40 bits per heavy atom. The Balaban J connectivity index is 2.75. The van der Waals surface area contributed by atoms with E-state index in [4.69, 9.17) is 4.74 Å². The molecule has 140 valence electrons. The Hall–Kier alpha value is -1.82. The van der Waals surface area contributed by atoms with Crippen LogP contribution < -0.4 is 10.4 Å². The van der Waals surface area contributed by atoms with E-state index in [2.05, 4.69) is 5.32 Å². The summed E-state index contributed by atoms with van der Waals surface area (Å²) in [6.07, 6.45) is 3.85. The quantitative estimate of drug-likeness (QED) is 0.594. The predicted octanol–water partition coefficient (Wildman–Crippen LogP) is 2.86. The Morgan fingerprint density at radius 2 is 1.88 bits per heavy atom. The van der Waals surface area contributed by atoms with Crippen LogP contribution in [0.3, 0.4) is 0 Å². The van der Waals surface area contributed by atoms with Gasteiger partial charge < -0.3 is 15.2 Å². The molecule has 0 spiro atoms. The van der Waals surface area contributed by atoms with Gasteiger partial charge >= 0.3 is 6.09 Å². The van der Waals surface area contributed by atoms with Gasteiger partial charge in [-0.1, -0.05) is 36.1 Å². The van der Waals surface area contributed by atoms with Crippen molar-refractivity contribution in [1.29, 1.82) is 0 Å². The molecular formula is C19H29NO4S. The molecule has 0 radical (unpaired) electrons. The fourth-order valence-electron chi connectivity index (χ4n) is 2.29. The first-order chi connectivity index (χ1) is 11.4. The SMILES string of the molecule is CC(C)(C)OC(=O)N[C@@H](CC/C([O-])=C/[S+](C)(C)=O)Cc1ccccc1. The van der Waals surface area contributed by atoms with Gasteiger partial charge in [0.1, 0.15) is 33.5 Å². The summed E-state index contributed by atoms with van der Waals surface area (Å²) in [6, 6.07) is 9.51. The molecule has 25 heavy (non-hydrogen) atoms. The highest BCUT2D eigenvalue weighted by atomic mass is 32.2. The Bertz CT molecular complexity index is 629. The average molecular weight is 368 g/mol. The third-order valence-corrected chi connectivity index (χ3v) is 4.03. The number of ether oxygens (including phenoxy) is 1. The van der Waals surface area contributed by atoms with E-state index in [1.54, 1.807) is 20.8 Å². The molecule has 0 bridgehead atoms. The van der Waals surface area contributed by atoms with Crippen molar-refractivity contribution in [3.8, 4) is 0 Å². The smallest absolute Gasteiger partial charge is 0.407 e. The van der Waals surface area contributed by atoms with Crippen molar-refractivity contribution >= 4 is 16.0 Å². The summed E-state index contributed by atoms with van der Waals surface area (Å²) in [6.45, 7) is 5.41. The molecule has 0 saturated heterocycles. The monoisotopic (exact) mass is 367 g/mol. The number of alkyl carbamates (subject to hydrolysis) is 1. The third-order valence-electron chi connectivity index (χ3n) is 3.20. The molecule has 0 heterocycles. The summed E-state index contributed by atoms with van der Waals surface area (Å²) in [7, 11) is -2.21. The molecule has 0 aliphatic heterocycles. The van der Waals surface area contributed by atoms with E-state index in [0.29, 0.717) is 12.8 Å². The number of hydrogen-bond donors (Lipinski definition) is 1. The van der Waals surface area contributed by atoms with Gasteiger partial charge in [-0.3, -0.25) is 0 Å². The van der Waals surface area contributed by atoms with Crippen LogP contribution in [-0.4, -0.2) is 30.2 Å². The molecule has 1 N–H and O–H groups in total. The van der Waals surface area contributed by atoms with Gasteiger partial charge in [0, 0.05) is 6.04 Å². The van der Waals surface area contributed by atoms with E-state index < -0.39 is 21.6 Å². The molecular weight excluding hydrogens is 338 g/mol. The van der Waals surface area contributed by atoms with Gasteiger partial charge in [-0.25, -0.2) is 4.79 Å². The second-order valence-corrected chi connectivity index (χ2v) is 10.3. The Morgan fingerprint density at radius 1 is 1.28 bits per heavy atom. The van der Waals surface area contributed by atoms with Crippen LogP contribution in [-0.2, 0) is 25.3 Å². The first-order valence-corrected chi connectivity index (χ1v) is 10.7. The fraction of sp³-hybridized carbons (Fsp3) is 0.526. The van der Waals surface area contributed by atoms with E-state index >= 15 is 0 Å². The maximum Gasteiger partial charge on any atom is 0.407 e. The Labute approximate surface area is 151 Å². The minimum absolute atomic E-state index is 0.168. The summed E-state index contributed by atoms with van der Waals surface area (Å²) in [5, 5.41) is 16.1. The van der Waals surface area contributed by atoms with Gasteiger partial charge in [0.15, 0.2) is 0 Å². The van der Waals surface area contributed by atoms with E-state index in [1.807, 2.05) is 30.3 Å². The van der Waals surface area contributed by atoms with Crippen molar-refractivity contribution < 1.29 is 18.8 Å². The largest absolute Gasteiger partial charge is 0.873 e. The van der Waals surface area contributed by atoms with Crippen molar-refractivity contribution in [3.63, 3.8) is 0 Å². The lowest BCUT2D eigenvalue weighted by atomic mass is 10.0. The van der Waals surface area contributed by atoms with Crippen LogP contribution in [0, 0.1) is 0 Å². The fourth-order valence-corrected chi connectivity index (χ4v) is 3.04. The molecule has 6 heteroatoms. The van der Waals surface area contributed by atoms with Gasteiger partial charge in [0.2, 0.25) is 0 Å². The summed E-state index contributed by atoms with van der Waals surface area (Å²) in [5.74, 6) is -0.168. The van der Waals surface area contributed by atoms with Gasteiger partial charge in [0.05, 0.1) is 0 Å². The van der Waals surface area contributed by atoms with Crippen LogP contribution in [0.15, 0.2) is 41.5 Å². The highest BCUT2D eigenvalue weighted by Crippen LogP contribution is 2.13. The van der Waals surface area contributed by atoms with Gasteiger partial charge in [-0.05, 0) is 45.6 Å². The van der Waals surface area contributed by atoms with Crippen LogP contribution in [0.4, 0.5) is 4.79 Å². The third kappa shape index (κ3) is 10.6. The number of hydrogen-bond acceptors (Lipinski definition) is 4. The highest BCUT2D eigenvalue weighted by molar-refractivity contribution is 8.04. The molecule has 5 nitrogen and oxygen atoms in total. The number of benzene rings is 1. The minimum Gasteiger partial charge on any atom is -0.873 e. The number of carbonyl (C=O) groups excluding carboxylic acids is 1. The minimum atomic E-state index is -2.21. The van der Waals surface area contributed by atoms with Gasteiger partial charge in [0.25, 0.3) is 0 Å². The molecule has 1 atom stereocenters. The normalized spacial score (nSPS) is 14.0. The lowest BCUT2D eigenvalue weighted by Gasteiger charge is -2.24. The molecule has 0 saturated carbocycles. The van der Waals surface area contributed by atoms with E-state index in [1.165, 1.54) is 17.9 Å². The van der Waals surface area contributed by atoms with E-state index in [0.717, 1.165) is 5.56 Å². The molecule has 1 rings (SSSR count). The maximum atomic E-state index is 12.1. The van der Waals surface area contributed by atoms with Crippen LogP contribution >= 0.6 is 0 Å². The number of carbonyl (C=O) groups is 1. The molecule has 0 aliphatic rings. The summed E-state index contributed by atoms with van der Waals surface area (Å²) in [4.78, 5) is 12.1. The number of nitrogens with one attached hydrogen (secondary N) is 1. The zero-order chi connectivity index (χ0) is 19.1. The van der Waals surface area contributed by atoms with Crippen LogP contribution in [0.2, 0.25) is 0 Å². The van der Waals surface area contributed by atoms with Gasteiger partial charge in [-0.15, -0.1) is 4.21 Å². The van der Waals surface area contributed by atoms with Crippen LogP contribution in [0.25, 0.3) is 0 Å². The molecule has 0 aromatic heterocycles. The number of amides is 1. The topological polar surface area (TPSA) is 78.5 Å². The lowest BCUT2D eigenvalue weighted by Crippen LogP contribution is -2.40.